The van der Waals surface area contributed by atoms with Gasteiger partial charge in [-0.1, -0.05) is 12.1 Å². The summed E-state index contributed by atoms with van der Waals surface area (Å²) >= 11 is 0. The van der Waals surface area contributed by atoms with E-state index in [-0.39, 0.29) is 17.9 Å². The Kier molecular flexibility index (Phi) is 3.82. The van der Waals surface area contributed by atoms with E-state index in [0.717, 1.165) is 0 Å². The molecular formula is C16H15NO7. The lowest BCUT2D eigenvalue weighted by Gasteiger charge is -2.45. The molecule has 0 radical (unpaired) electrons. The SMILES string of the molecule is COC(=O)[C@@H]1[C@@H](C(=O)OC)[C@H]2C(=O)C[C@H]1c1c2cccc1[N+](=O)[O-]. The van der Waals surface area contributed by atoms with Crippen molar-refractivity contribution < 1.29 is 28.8 Å². The third kappa shape index (κ3) is 2.10. The molecule has 0 aromatic heterocycles. The molecule has 8 heteroatoms. The van der Waals surface area contributed by atoms with Crippen molar-refractivity contribution >= 4 is 23.4 Å². The number of hydrogen-bond donors (Lipinski definition) is 0. The van der Waals surface area contributed by atoms with Crippen LogP contribution in [-0.4, -0.2) is 36.9 Å². The van der Waals surface area contributed by atoms with Gasteiger partial charge in [-0.15, -0.1) is 0 Å². The number of hydrogen-bond acceptors (Lipinski definition) is 7. The molecular weight excluding hydrogens is 318 g/mol. The Balaban J connectivity index is 2.26. The summed E-state index contributed by atoms with van der Waals surface area (Å²) in [4.78, 5) is 47.8. The van der Waals surface area contributed by atoms with E-state index in [1.807, 2.05) is 0 Å². The first-order valence-electron chi connectivity index (χ1n) is 7.38. The fraction of sp³-hybridized carbons (Fsp3) is 0.438. The Labute approximate surface area is 136 Å². The van der Waals surface area contributed by atoms with Crippen LogP contribution in [0.3, 0.4) is 0 Å². The number of carbonyl (C=O) groups excluding carboxylic acids is 3. The van der Waals surface area contributed by atoms with E-state index in [2.05, 4.69) is 0 Å². The molecule has 0 spiro atoms. The van der Waals surface area contributed by atoms with Gasteiger partial charge >= 0.3 is 11.9 Å². The molecule has 1 aromatic rings. The number of ether oxygens (including phenoxy) is 2. The number of benzene rings is 1. The summed E-state index contributed by atoms with van der Waals surface area (Å²) in [7, 11) is 2.36. The molecule has 0 amide bonds. The molecule has 1 saturated carbocycles. The summed E-state index contributed by atoms with van der Waals surface area (Å²) < 4.78 is 9.57. The third-order valence-electron chi connectivity index (χ3n) is 4.91. The zero-order chi connectivity index (χ0) is 17.6. The Morgan fingerprint density at radius 1 is 1.17 bits per heavy atom. The molecule has 4 rings (SSSR count). The number of carbonyl (C=O) groups is 3. The zero-order valence-electron chi connectivity index (χ0n) is 13.1. The Morgan fingerprint density at radius 3 is 2.38 bits per heavy atom. The molecule has 4 atom stereocenters. The highest BCUT2D eigenvalue weighted by atomic mass is 16.6. The molecule has 0 unspecified atom stereocenters. The smallest absolute Gasteiger partial charge is 0.310 e. The average Bonchev–Trinajstić information content (AvgIpc) is 2.59. The van der Waals surface area contributed by atoms with Crippen molar-refractivity contribution in [3.05, 3.63) is 39.4 Å². The lowest BCUT2D eigenvalue weighted by Crippen LogP contribution is -2.50. The molecule has 0 N–H and O–H groups in total. The highest BCUT2D eigenvalue weighted by Gasteiger charge is 2.59. The number of Topliss-reactive ketones (excluding diaryl/α,β-unsaturated/α-hetero) is 1. The number of nitrogens with zero attached hydrogens (tertiary/aromatic N) is 1. The Morgan fingerprint density at radius 2 is 1.79 bits per heavy atom. The van der Waals surface area contributed by atoms with E-state index in [9.17, 15) is 24.5 Å². The molecule has 8 nitrogen and oxygen atoms in total. The minimum Gasteiger partial charge on any atom is -0.469 e. The molecule has 3 aliphatic carbocycles. The molecule has 0 aliphatic heterocycles. The van der Waals surface area contributed by atoms with Crippen LogP contribution in [0.2, 0.25) is 0 Å². The third-order valence-corrected chi connectivity index (χ3v) is 4.91. The van der Waals surface area contributed by atoms with Gasteiger partial charge in [0.1, 0.15) is 5.78 Å². The summed E-state index contributed by atoms with van der Waals surface area (Å²) in [5.74, 6) is -5.27. The van der Waals surface area contributed by atoms with Gasteiger partial charge in [0, 0.05) is 24.0 Å². The summed E-state index contributed by atoms with van der Waals surface area (Å²) in [5.41, 5.74) is 0.635. The van der Waals surface area contributed by atoms with Crippen molar-refractivity contribution in [2.45, 2.75) is 18.3 Å². The van der Waals surface area contributed by atoms with Crippen molar-refractivity contribution in [1.29, 1.82) is 0 Å². The maximum atomic E-state index is 12.5. The van der Waals surface area contributed by atoms with Crippen molar-refractivity contribution in [3.8, 4) is 0 Å². The van der Waals surface area contributed by atoms with E-state index in [1.54, 1.807) is 6.07 Å². The lowest BCUT2D eigenvalue weighted by atomic mass is 9.55. The van der Waals surface area contributed by atoms with Crippen LogP contribution in [0.25, 0.3) is 0 Å². The predicted molar refractivity (Wildman–Crippen MR) is 79.2 cm³/mol. The first-order valence-corrected chi connectivity index (χ1v) is 7.38. The molecule has 0 saturated heterocycles. The first kappa shape index (κ1) is 16.1. The average molecular weight is 333 g/mol. The van der Waals surface area contributed by atoms with Gasteiger partial charge in [-0.2, -0.15) is 0 Å². The largest absolute Gasteiger partial charge is 0.469 e. The van der Waals surface area contributed by atoms with E-state index < -0.39 is 40.5 Å². The van der Waals surface area contributed by atoms with Gasteiger partial charge in [0.15, 0.2) is 0 Å². The van der Waals surface area contributed by atoms with Gasteiger partial charge < -0.3 is 9.47 Å². The fourth-order valence-corrected chi connectivity index (χ4v) is 4.05. The monoisotopic (exact) mass is 333 g/mol. The standard InChI is InChI=1S/C16H15NO7/c1-23-15(19)13-8-6-10(18)12(14(13)16(20)24-2)7-4-3-5-9(11(7)8)17(21)22/h3-5,8,12-14H,6H2,1-2H3/t8-,12+,13-,14-/m0/s1. The summed E-state index contributed by atoms with van der Waals surface area (Å²) in [6, 6.07) is 4.42. The topological polar surface area (TPSA) is 113 Å². The molecule has 1 aromatic carbocycles. The number of methoxy groups -OCH3 is 2. The van der Waals surface area contributed by atoms with Crippen LogP contribution in [0.15, 0.2) is 18.2 Å². The molecule has 3 aliphatic rings. The molecule has 24 heavy (non-hydrogen) atoms. The van der Waals surface area contributed by atoms with Crippen LogP contribution < -0.4 is 0 Å². The normalized spacial score (nSPS) is 27.3. The van der Waals surface area contributed by atoms with Crippen molar-refractivity contribution in [2.75, 3.05) is 14.2 Å². The lowest BCUT2D eigenvalue weighted by molar-refractivity contribution is -0.386. The minimum atomic E-state index is -1.02. The molecule has 2 bridgehead atoms. The van der Waals surface area contributed by atoms with Crippen LogP contribution in [0.1, 0.15) is 29.4 Å². The van der Waals surface area contributed by atoms with Crippen LogP contribution in [0.4, 0.5) is 5.69 Å². The number of nitro benzene ring substituents is 1. The van der Waals surface area contributed by atoms with E-state index >= 15 is 0 Å². The van der Waals surface area contributed by atoms with E-state index in [0.29, 0.717) is 11.1 Å². The number of nitro groups is 1. The van der Waals surface area contributed by atoms with Gasteiger partial charge in [-0.05, 0) is 5.56 Å². The second-order valence-corrected chi connectivity index (χ2v) is 5.89. The number of ketones is 1. The van der Waals surface area contributed by atoms with Crippen molar-refractivity contribution in [3.63, 3.8) is 0 Å². The molecule has 126 valence electrons. The van der Waals surface area contributed by atoms with Gasteiger partial charge in [-0.3, -0.25) is 24.5 Å². The maximum Gasteiger partial charge on any atom is 0.310 e. The van der Waals surface area contributed by atoms with Gasteiger partial charge in [0.2, 0.25) is 0 Å². The first-order chi connectivity index (χ1) is 11.4. The van der Waals surface area contributed by atoms with Gasteiger partial charge in [0.05, 0.1) is 36.9 Å². The van der Waals surface area contributed by atoms with Crippen LogP contribution >= 0.6 is 0 Å². The molecule has 0 heterocycles. The van der Waals surface area contributed by atoms with Gasteiger partial charge in [0.25, 0.3) is 5.69 Å². The number of fused-ring (bicyclic) bond motifs is 2. The minimum absolute atomic E-state index is 0.0320. The van der Waals surface area contributed by atoms with E-state index in [1.165, 1.54) is 26.4 Å². The molecule has 1 fully saturated rings. The number of rotatable bonds is 3. The summed E-state index contributed by atoms with van der Waals surface area (Å²) in [5, 5.41) is 11.4. The highest BCUT2D eigenvalue weighted by Crippen LogP contribution is 2.56. The zero-order valence-corrected chi connectivity index (χ0v) is 13.1. The fourth-order valence-electron chi connectivity index (χ4n) is 4.05. The van der Waals surface area contributed by atoms with Crippen LogP contribution in [0.5, 0.6) is 0 Å². The summed E-state index contributed by atoms with van der Waals surface area (Å²) in [6.45, 7) is 0. The quantitative estimate of drug-likeness (QED) is 0.466. The summed E-state index contributed by atoms with van der Waals surface area (Å²) in [6.07, 6.45) is -0.0320. The van der Waals surface area contributed by atoms with Crippen molar-refractivity contribution in [1.82, 2.24) is 0 Å². The number of esters is 2. The van der Waals surface area contributed by atoms with Gasteiger partial charge in [-0.25, -0.2) is 0 Å². The predicted octanol–water partition coefficient (Wildman–Crippen LogP) is 1.33. The Bertz CT molecular complexity index is 757. The second kappa shape index (κ2) is 5.70. The van der Waals surface area contributed by atoms with Crippen LogP contribution in [0, 0.1) is 22.0 Å². The maximum absolute atomic E-state index is 12.5. The van der Waals surface area contributed by atoms with Crippen molar-refractivity contribution in [2.24, 2.45) is 11.8 Å². The van der Waals surface area contributed by atoms with Crippen LogP contribution in [-0.2, 0) is 23.9 Å². The van der Waals surface area contributed by atoms with E-state index in [4.69, 9.17) is 9.47 Å². The highest BCUT2D eigenvalue weighted by molar-refractivity contribution is 5.99. The second-order valence-electron chi connectivity index (χ2n) is 5.89. The Hall–Kier alpha value is -2.77.